The molecule has 1 aliphatic rings. The first-order chi connectivity index (χ1) is 7.60. The van der Waals surface area contributed by atoms with Gasteiger partial charge in [-0.05, 0) is 20.8 Å². The van der Waals surface area contributed by atoms with E-state index in [1.54, 1.807) is 0 Å². The molecule has 0 unspecified atom stereocenters. The molecule has 1 heterocycles. The van der Waals surface area contributed by atoms with Gasteiger partial charge in [0.05, 0.1) is 6.54 Å². The van der Waals surface area contributed by atoms with Crippen LogP contribution >= 0.6 is 0 Å². The second-order valence-electron chi connectivity index (χ2n) is 5.10. The Morgan fingerprint density at radius 3 is 1.86 bits per heavy atom. The van der Waals surface area contributed by atoms with E-state index in [2.05, 4.69) is 41.7 Å². The van der Waals surface area contributed by atoms with Gasteiger partial charge in [-0.1, -0.05) is 0 Å². The largest absolute Gasteiger partial charge is 2.00 e. The van der Waals surface area contributed by atoms with Crippen molar-refractivity contribution in [1.82, 2.24) is 16.0 Å². The summed E-state index contributed by atoms with van der Waals surface area (Å²) in [5.41, 5.74) is 1.39. The van der Waals surface area contributed by atoms with E-state index in [0.717, 1.165) is 45.7 Å². The maximum atomic E-state index is 4.58. The van der Waals surface area contributed by atoms with Gasteiger partial charge in [0.25, 0.3) is 0 Å². The molecule has 0 aliphatic carbocycles. The van der Waals surface area contributed by atoms with Crippen molar-refractivity contribution in [2.24, 2.45) is 4.99 Å². The van der Waals surface area contributed by atoms with E-state index in [1.165, 1.54) is 5.71 Å². The summed E-state index contributed by atoms with van der Waals surface area (Å²) in [6.45, 7) is 12.6. The second-order valence-corrected chi connectivity index (χ2v) is 5.10. The van der Waals surface area contributed by atoms with E-state index in [1.807, 2.05) is 0 Å². The molecule has 0 atom stereocenters. The number of halogens is 4. The van der Waals surface area contributed by atoms with Gasteiger partial charge in [-0.3, -0.25) is 4.99 Å². The Morgan fingerprint density at radius 1 is 0.864 bits per heavy atom. The fraction of sp³-hybridized carbons (Fsp3) is 0.917. The van der Waals surface area contributed by atoms with Crippen LogP contribution in [-0.2, 0) is 36.0 Å². The smallest absolute Gasteiger partial charge is 1.00 e. The third-order valence-corrected chi connectivity index (χ3v) is 2.75. The molecule has 0 radical (unpaired) electrons. The third kappa shape index (κ3) is 21.8. The number of nitrogens with zero attached hydrogens (tertiary/aromatic N) is 1. The predicted octanol–water partition coefficient (Wildman–Crippen LogP) is -11.6. The number of nitrogens with one attached hydrogen (secondary N) is 3. The molecule has 10 heteroatoms. The second kappa shape index (κ2) is 22.8. The molecule has 4 nitrogen and oxygen atoms in total. The van der Waals surface area contributed by atoms with Crippen molar-refractivity contribution in [2.45, 2.75) is 32.7 Å². The van der Waals surface area contributed by atoms with Gasteiger partial charge in [0, 0.05) is 50.4 Å². The molecule has 134 valence electrons. The molecule has 0 amide bonds. The molecular formula is C12H26Cl4N4NiZn. The van der Waals surface area contributed by atoms with Crippen LogP contribution in [-0.4, -0.2) is 50.5 Å². The van der Waals surface area contributed by atoms with Crippen LogP contribution in [0.5, 0.6) is 0 Å². The van der Waals surface area contributed by atoms with Crippen LogP contribution in [0.2, 0.25) is 0 Å². The topological polar surface area (TPSA) is 48.5 Å². The van der Waals surface area contributed by atoms with Gasteiger partial charge in [0.2, 0.25) is 0 Å². The minimum absolute atomic E-state index is 0. The molecule has 0 fully saturated rings. The standard InChI is InChI=1S/C12H26N4.4ClH.Ni.Zn/c1-11-10-12(2,3)16-9-7-14-5-4-13-6-8-15-11;;;;;;/h13-14,16H,4-10H2,1-3H3;4*1H;;/q;;;;;2*+2/p-4. The Balaban J connectivity index is -0.000000107. The average Bonchev–Trinajstić information content (AvgIpc) is 2.20. The molecule has 0 saturated carbocycles. The van der Waals surface area contributed by atoms with E-state index < -0.39 is 0 Å². The molecule has 0 spiro atoms. The summed E-state index contributed by atoms with van der Waals surface area (Å²) in [5, 5.41) is 10.3. The molecule has 22 heavy (non-hydrogen) atoms. The van der Waals surface area contributed by atoms with Crippen LogP contribution < -0.4 is 65.6 Å². The summed E-state index contributed by atoms with van der Waals surface area (Å²) >= 11 is 0. The first kappa shape index (κ1) is 39.1. The Morgan fingerprint density at radius 2 is 1.32 bits per heavy atom. The fourth-order valence-electron chi connectivity index (χ4n) is 2.00. The van der Waals surface area contributed by atoms with Crippen molar-refractivity contribution in [1.29, 1.82) is 0 Å². The summed E-state index contributed by atoms with van der Waals surface area (Å²) in [6.07, 6.45) is 1.02. The van der Waals surface area contributed by atoms with Gasteiger partial charge in [-0.15, -0.1) is 0 Å². The van der Waals surface area contributed by atoms with Crippen LogP contribution in [0.4, 0.5) is 0 Å². The SMILES string of the molecule is CC1=NCCNCCNCCNC(C)(C)C1.[Cl-].[Cl-].[Cl-].[Cl-].[Ni+2].[Zn+2]. The summed E-state index contributed by atoms with van der Waals surface area (Å²) < 4.78 is 0. The summed E-state index contributed by atoms with van der Waals surface area (Å²) in [5.74, 6) is 0. The van der Waals surface area contributed by atoms with Crippen molar-refractivity contribution < 1.29 is 85.6 Å². The van der Waals surface area contributed by atoms with Crippen molar-refractivity contribution in [3.63, 3.8) is 0 Å². The molecule has 1 aliphatic heterocycles. The normalized spacial score (nSPS) is 18.0. The third-order valence-electron chi connectivity index (χ3n) is 2.75. The number of hydrogen-bond donors (Lipinski definition) is 3. The average molecular weight is 492 g/mol. The molecule has 1 rings (SSSR count). The zero-order valence-corrected chi connectivity index (χ0v) is 20.4. The molecule has 0 saturated heterocycles. The summed E-state index contributed by atoms with van der Waals surface area (Å²) in [6, 6.07) is 0. The predicted molar refractivity (Wildman–Crippen MR) is 70.4 cm³/mol. The van der Waals surface area contributed by atoms with Crippen LogP contribution in [0.3, 0.4) is 0 Å². The molecule has 0 bridgehead atoms. The maximum absolute atomic E-state index is 4.58. The minimum Gasteiger partial charge on any atom is -1.00 e. The van der Waals surface area contributed by atoms with Crippen molar-refractivity contribution >= 4 is 5.71 Å². The van der Waals surface area contributed by atoms with E-state index in [-0.39, 0.29) is 91.1 Å². The first-order valence-electron chi connectivity index (χ1n) is 6.26. The van der Waals surface area contributed by atoms with Gasteiger partial charge in [-0.2, -0.15) is 0 Å². The van der Waals surface area contributed by atoms with Crippen LogP contribution in [0, 0.1) is 0 Å². The fourth-order valence-corrected chi connectivity index (χ4v) is 2.00. The number of rotatable bonds is 0. The van der Waals surface area contributed by atoms with Crippen LogP contribution in [0.1, 0.15) is 27.2 Å². The monoisotopic (exact) mass is 488 g/mol. The minimum atomic E-state index is 0. The summed E-state index contributed by atoms with van der Waals surface area (Å²) in [7, 11) is 0. The number of hydrogen-bond acceptors (Lipinski definition) is 4. The van der Waals surface area contributed by atoms with Gasteiger partial charge in [0.1, 0.15) is 0 Å². The quantitative estimate of drug-likeness (QED) is 0.295. The van der Waals surface area contributed by atoms with Crippen molar-refractivity contribution in [3.05, 3.63) is 0 Å². The van der Waals surface area contributed by atoms with Crippen LogP contribution in [0.15, 0.2) is 4.99 Å². The molecule has 0 aromatic rings. The Bertz CT molecular complexity index is 249. The number of aliphatic imine (C=N–C) groups is 1. The molecule has 3 N–H and O–H groups in total. The molecular weight excluding hydrogens is 466 g/mol. The maximum Gasteiger partial charge on any atom is 2.00 e. The Labute approximate surface area is 183 Å². The van der Waals surface area contributed by atoms with Crippen molar-refractivity contribution in [3.8, 4) is 0 Å². The first-order valence-corrected chi connectivity index (χ1v) is 6.26. The van der Waals surface area contributed by atoms with Gasteiger partial charge < -0.3 is 65.6 Å². The van der Waals surface area contributed by atoms with E-state index in [9.17, 15) is 0 Å². The zero-order valence-electron chi connectivity index (χ0n) is 13.4. The molecule has 0 aromatic carbocycles. The zero-order chi connectivity index (χ0) is 11.9. The van der Waals surface area contributed by atoms with Crippen molar-refractivity contribution in [2.75, 3.05) is 39.3 Å². The van der Waals surface area contributed by atoms with E-state index in [4.69, 9.17) is 0 Å². The van der Waals surface area contributed by atoms with Gasteiger partial charge >= 0.3 is 36.0 Å². The Hall–Kier alpha value is 1.83. The van der Waals surface area contributed by atoms with E-state index >= 15 is 0 Å². The Kier molecular flexibility index (Phi) is 40.5. The van der Waals surface area contributed by atoms with Crippen LogP contribution in [0.25, 0.3) is 0 Å². The molecule has 0 aromatic heterocycles. The van der Waals surface area contributed by atoms with Gasteiger partial charge in [-0.25, -0.2) is 0 Å². The van der Waals surface area contributed by atoms with Gasteiger partial charge in [0.15, 0.2) is 0 Å². The summed E-state index contributed by atoms with van der Waals surface area (Å²) in [4.78, 5) is 4.58. The van der Waals surface area contributed by atoms with E-state index in [0.29, 0.717) is 0 Å².